The summed E-state index contributed by atoms with van der Waals surface area (Å²) in [6.45, 7) is 11.8. The first-order valence-electron chi connectivity index (χ1n) is 8.30. The van der Waals surface area contributed by atoms with Gasteiger partial charge in [-0.2, -0.15) is 0 Å². The van der Waals surface area contributed by atoms with Crippen LogP contribution in [0.5, 0.6) is 0 Å². The van der Waals surface area contributed by atoms with Crippen molar-refractivity contribution < 1.29 is 22.8 Å². The van der Waals surface area contributed by atoms with Gasteiger partial charge in [0.1, 0.15) is 6.10 Å². The molecule has 0 aliphatic carbocycles. The van der Waals surface area contributed by atoms with Crippen molar-refractivity contribution in [1.82, 2.24) is 0 Å². The molecule has 2 atom stereocenters. The van der Waals surface area contributed by atoms with E-state index in [1.807, 2.05) is 0 Å². The van der Waals surface area contributed by atoms with E-state index >= 15 is 0 Å². The zero-order chi connectivity index (χ0) is 15.6. The molecule has 0 bridgehead atoms. The van der Waals surface area contributed by atoms with Crippen LogP contribution in [0.15, 0.2) is 0 Å². The molecule has 1 fully saturated rings. The second-order valence-electron chi connectivity index (χ2n) is 5.50. The van der Waals surface area contributed by atoms with E-state index in [9.17, 15) is 0 Å². The first kappa shape index (κ1) is 19.1. The summed E-state index contributed by atoms with van der Waals surface area (Å²) in [5.41, 5.74) is 0. The van der Waals surface area contributed by atoms with Crippen LogP contribution >= 0.6 is 0 Å². The van der Waals surface area contributed by atoms with E-state index < -0.39 is 8.80 Å². The van der Waals surface area contributed by atoms with Crippen molar-refractivity contribution in [2.75, 3.05) is 33.0 Å². The molecule has 1 saturated heterocycles. The Bertz CT molecular complexity index is 252. The molecule has 6 heteroatoms. The van der Waals surface area contributed by atoms with Gasteiger partial charge >= 0.3 is 8.80 Å². The third-order valence-corrected chi connectivity index (χ3v) is 6.13. The van der Waals surface area contributed by atoms with Crippen LogP contribution in [0.25, 0.3) is 0 Å². The largest absolute Gasteiger partial charge is 0.503 e. The van der Waals surface area contributed by atoms with Crippen LogP contribution in [0.1, 0.15) is 47.0 Å². The van der Waals surface area contributed by atoms with Gasteiger partial charge in [0.05, 0.1) is 19.8 Å². The van der Waals surface area contributed by atoms with Gasteiger partial charge in [-0.3, -0.25) is 0 Å². The van der Waals surface area contributed by atoms with Crippen LogP contribution in [0.2, 0.25) is 6.04 Å². The van der Waals surface area contributed by atoms with Gasteiger partial charge in [0, 0.05) is 25.4 Å². The van der Waals surface area contributed by atoms with Gasteiger partial charge in [-0.25, -0.2) is 0 Å². The first-order chi connectivity index (χ1) is 10.2. The second kappa shape index (κ2) is 10.7. The van der Waals surface area contributed by atoms with E-state index in [0.29, 0.717) is 38.6 Å². The molecule has 2 unspecified atom stereocenters. The molecule has 0 amide bonds. The fourth-order valence-corrected chi connectivity index (χ4v) is 4.62. The highest BCUT2D eigenvalue weighted by molar-refractivity contribution is 6.60. The molecule has 1 aliphatic heterocycles. The van der Waals surface area contributed by atoms with Crippen LogP contribution in [0.4, 0.5) is 0 Å². The fourth-order valence-electron chi connectivity index (χ4n) is 1.79. The van der Waals surface area contributed by atoms with Crippen LogP contribution in [-0.2, 0) is 22.8 Å². The lowest BCUT2D eigenvalue weighted by atomic mass is 10.3. The lowest BCUT2D eigenvalue weighted by Crippen LogP contribution is -2.49. The summed E-state index contributed by atoms with van der Waals surface area (Å²) in [4.78, 5) is 0. The minimum absolute atomic E-state index is 0.150. The van der Waals surface area contributed by atoms with Crippen molar-refractivity contribution in [3.8, 4) is 0 Å². The van der Waals surface area contributed by atoms with Gasteiger partial charge in [0.2, 0.25) is 0 Å². The van der Waals surface area contributed by atoms with E-state index in [-0.39, 0.29) is 6.10 Å². The molecule has 0 radical (unpaired) electrons. The number of rotatable bonds is 14. The number of ether oxygens (including phenoxy) is 2. The smallest absolute Gasteiger partial charge is 0.379 e. The van der Waals surface area contributed by atoms with E-state index in [1.54, 1.807) is 0 Å². The lowest BCUT2D eigenvalue weighted by molar-refractivity contribution is 0.0222. The molecule has 0 aromatic carbocycles. The quantitative estimate of drug-likeness (QED) is 0.280. The van der Waals surface area contributed by atoms with Gasteiger partial charge in [-0.1, -0.05) is 20.8 Å². The van der Waals surface area contributed by atoms with Crippen molar-refractivity contribution in [2.24, 2.45) is 0 Å². The van der Waals surface area contributed by atoms with Crippen molar-refractivity contribution >= 4 is 8.80 Å². The molecule has 0 saturated carbocycles. The molecule has 0 aromatic rings. The Morgan fingerprint density at radius 2 is 1.71 bits per heavy atom. The fraction of sp³-hybridized carbons (Fsp3) is 1.00. The van der Waals surface area contributed by atoms with Crippen molar-refractivity contribution in [2.45, 2.75) is 65.2 Å². The summed E-state index contributed by atoms with van der Waals surface area (Å²) in [7, 11) is -2.64. The van der Waals surface area contributed by atoms with E-state index in [2.05, 4.69) is 27.7 Å². The summed E-state index contributed by atoms with van der Waals surface area (Å²) >= 11 is 0. The molecular formula is C15H32O5Si. The van der Waals surface area contributed by atoms with E-state index in [4.69, 9.17) is 22.8 Å². The molecule has 0 spiro atoms. The number of hydrogen-bond donors (Lipinski definition) is 0. The van der Waals surface area contributed by atoms with E-state index in [0.717, 1.165) is 25.9 Å². The second-order valence-corrected chi connectivity index (χ2v) is 8.18. The maximum atomic E-state index is 6.20. The SMILES string of the molecule is CCCO[Si](CCOCC1CO1)(OCCC)OC(C)CC. The normalized spacial score (nSPS) is 19.7. The third kappa shape index (κ3) is 8.28. The zero-order valence-corrected chi connectivity index (χ0v) is 15.1. The Labute approximate surface area is 130 Å². The molecule has 21 heavy (non-hydrogen) atoms. The van der Waals surface area contributed by atoms with Crippen molar-refractivity contribution in [3.05, 3.63) is 0 Å². The monoisotopic (exact) mass is 320 g/mol. The molecule has 5 nitrogen and oxygen atoms in total. The molecule has 126 valence electrons. The van der Waals surface area contributed by atoms with Crippen molar-refractivity contribution in [3.63, 3.8) is 0 Å². The van der Waals surface area contributed by atoms with Crippen LogP contribution in [-0.4, -0.2) is 54.0 Å². The highest BCUT2D eigenvalue weighted by Gasteiger charge is 2.42. The minimum Gasteiger partial charge on any atom is -0.379 e. The standard InChI is InChI=1S/C15H32O5Si/c1-5-8-18-21(19-9-6-2,20-14(4)7-3)11-10-16-12-15-13-17-15/h14-15H,5-13H2,1-4H3. The van der Waals surface area contributed by atoms with Gasteiger partial charge in [0.15, 0.2) is 0 Å². The Hall–Kier alpha value is 0.0169. The summed E-state index contributed by atoms with van der Waals surface area (Å²) < 4.78 is 29.1. The molecule has 1 aliphatic rings. The topological polar surface area (TPSA) is 49.5 Å². The highest BCUT2D eigenvalue weighted by Crippen LogP contribution is 2.21. The Morgan fingerprint density at radius 3 is 2.19 bits per heavy atom. The van der Waals surface area contributed by atoms with Gasteiger partial charge < -0.3 is 22.8 Å². The number of hydrogen-bond acceptors (Lipinski definition) is 5. The molecule has 0 N–H and O–H groups in total. The van der Waals surface area contributed by atoms with Gasteiger partial charge in [-0.05, 0) is 26.2 Å². The molecule has 0 aromatic heterocycles. The van der Waals surface area contributed by atoms with Crippen LogP contribution in [0.3, 0.4) is 0 Å². The zero-order valence-electron chi connectivity index (χ0n) is 14.1. The summed E-state index contributed by atoms with van der Waals surface area (Å²) in [5.74, 6) is 0. The Kier molecular flexibility index (Phi) is 9.71. The van der Waals surface area contributed by atoms with E-state index in [1.165, 1.54) is 0 Å². The van der Waals surface area contributed by atoms with Gasteiger partial charge in [-0.15, -0.1) is 0 Å². The third-order valence-electron chi connectivity index (χ3n) is 3.27. The molecule has 1 rings (SSSR count). The first-order valence-corrected chi connectivity index (χ1v) is 10.2. The predicted octanol–water partition coefficient (Wildman–Crippen LogP) is 3.01. The summed E-state index contributed by atoms with van der Waals surface area (Å²) in [6, 6.07) is 0.712. The Morgan fingerprint density at radius 1 is 1.10 bits per heavy atom. The molecular weight excluding hydrogens is 288 g/mol. The average Bonchev–Trinajstić information content (AvgIpc) is 3.31. The lowest BCUT2D eigenvalue weighted by Gasteiger charge is -2.32. The summed E-state index contributed by atoms with van der Waals surface area (Å²) in [5, 5.41) is 0. The van der Waals surface area contributed by atoms with Crippen LogP contribution in [0, 0.1) is 0 Å². The van der Waals surface area contributed by atoms with Crippen molar-refractivity contribution in [1.29, 1.82) is 0 Å². The highest BCUT2D eigenvalue weighted by atomic mass is 28.4. The predicted molar refractivity (Wildman–Crippen MR) is 84.4 cm³/mol. The molecule has 1 heterocycles. The maximum absolute atomic E-state index is 6.20. The maximum Gasteiger partial charge on any atom is 0.503 e. The number of epoxide rings is 1. The average molecular weight is 321 g/mol. The van der Waals surface area contributed by atoms with Gasteiger partial charge in [0.25, 0.3) is 0 Å². The minimum atomic E-state index is -2.64. The summed E-state index contributed by atoms with van der Waals surface area (Å²) in [6.07, 6.45) is 3.33. The Balaban J connectivity index is 2.50. The van der Waals surface area contributed by atoms with Crippen LogP contribution < -0.4 is 0 Å².